The predicted octanol–water partition coefficient (Wildman–Crippen LogP) is 4.76. The molecular weight excluding hydrogens is 432 g/mol. The van der Waals surface area contributed by atoms with E-state index in [0.717, 1.165) is 22.3 Å². The number of amides is 1. The van der Waals surface area contributed by atoms with Crippen LogP contribution in [0.4, 0.5) is 0 Å². The van der Waals surface area contributed by atoms with E-state index < -0.39 is 10.0 Å². The van der Waals surface area contributed by atoms with Crippen LogP contribution in [-0.2, 0) is 23.1 Å². The van der Waals surface area contributed by atoms with Gasteiger partial charge in [0, 0.05) is 18.7 Å². The van der Waals surface area contributed by atoms with Gasteiger partial charge in [-0.2, -0.15) is 0 Å². The van der Waals surface area contributed by atoms with Crippen LogP contribution < -0.4 is 10.0 Å². The van der Waals surface area contributed by atoms with E-state index in [4.69, 9.17) is 0 Å². The van der Waals surface area contributed by atoms with Crippen molar-refractivity contribution in [1.29, 1.82) is 0 Å². The van der Waals surface area contributed by atoms with Crippen LogP contribution in [0.1, 0.15) is 21.5 Å². The van der Waals surface area contributed by atoms with Crippen molar-refractivity contribution in [2.45, 2.75) is 18.0 Å². The number of nitrogens with one attached hydrogen (secondary N) is 2. The SMILES string of the molecule is O=C(NCc1ccccc1)c1ccc(-c2ccc(S(=O)(=O)NCc3ccccc3)cc2)cc1. The topological polar surface area (TPSA) is 75.3 Å². The third kappa shape index (κ3) is 5.94. The summed E-state index contributed by atoms with van der Waals surface area (Å²) in [6.07, 6.45) is 0. The lowest BCUT2D eigenvalue weighted by Gasteiger charge is -2.09. The van der Waals surface area contributed by atoms with Crippen LogP contribution in [0, 0.1) is 0 Å². The van der Waals surface area contributed by atoms with E-state index in [1.807, 2.05) is 72.8 Å². The molecule has 4 aromatic carbocycles. The highest BCUT2D eigenvalue weighted by molar-refractivity contribution is 7.89. The Hall–Kier alpha value is -3.74. The molecule has 0 radical (unpaired) electrons. The number of sulfonamides is 1. The molecule has 6 heteroatoms. The average molecular weight is 457 g/mol. The number of hydrogen-bond donors (Lipinski definition) is 2. The zero-order chi connectivity index (χ0) is 23.1. The molecular formula is C27H24N2O3S. The fourth-order valence-corrected chi connectivity index (χ4v) is 4.40. The van der Waals surface area contributed by atoms with Gasteiger partial charge in [-0.05, 0) is 46.5 Å². The van der Waals surface area contributed by atoms with Crippen LogP contribution >= 0.6 is 0 Å². The monoisotopic (exact) mass is 456 g/mol. The molecule has 33 heavy (non-hydrogen) atoms. The maximum Gasteiger partial charge on any atom is 0.251 e. The highest BCUT2D eigenvalue weighted by atomic mass is 32.2. The van der Waals surface area contributed by atoms with Crippen LogP contribution in [-0.4, -0.2) is 14.3 Å². The Morgan fingerprint density at radius 2 is 1.09 bits per heavy atom. The zero-order valence-corrected chi connectivity index (χ0v) is 18.8. The fourth-order valence-electron chi connectivity index (χ4n) is 3.38. The predicted molar refractivity (Wildman–Crippen MR) is 130 cm³/mol. The number of carbonyl (C=O) groups excluding carboxylic acids is 1. The van der Waals surface area contributed by atoms with Gasteiger partial charge in [-0.3, -0.25) is 4.79 Å². The van der Waals surface area contributed by atoms with Crippen molar-refractivity contribution in [1.82, 2.24) is 10.0 Å². The molecule has 5 nitrogen and oxygen atoms in total. The van der Waals surface area contributed by atoms with Crippen LogP contribution in [0.5, 0.6) is 0 Å². The Bertz CT molecular complexity index is 1300. The molecule has 0 saturated carbocycles. The average Bonchev–Trinajstić information content (AvgIpc) is 2.87. The second-order valence-corrected chi connectivity index (χ2v) is 9.35. The van der Waals surface area contributed by atoms with Gasteiger partial charge in [-0.15, -0.1) is 0 Å². The van der Waals surface area contributed by atoms with Gasteiger partial charge < -0.3 is 5.32 Å². The van der Waals surface area contributed by atoms with Crippen molar-refractivity contribution in [2.24, 2.45) is 0 Å². The maximum absolute atomic E-state index is 12.6. The summed E-state index contributed by atoms with van der Waals surface area (Å²) >= 11 is 0. The van der Waals surface area contributed by atoms with Crippen molar-refractivity contribution in [3.63, 3.8) is 0 Å². The maximum atomic E-state index is 12.6. The molecule has 0 aromatic heterocycles. The third-order valence-corrected chi connectivity index (χ3v) is 6.67. The molecule has 0 atom stereocenters. The van der Waals surface area contributed by atoms with E-state index in [1.165, 1.54) is 0 Å². The second-order valence-electron chi connectivity index (χ2n) is 7.58. The molecule has 4 aromatic rings. The lowest BCUT2D eigenvalue weighted by molar-refractivity contribution is 0.0951. The minimum Gasteiger partial charge on any atom is -0.348 e. The Labute approximate surface area is 194 Å². The molecule has 166 valence electrons. The van der Waals surface area contributed by atoms with Gasteiger partial charge in [-0.25, -0.2) is 13.1 Å². The molecule has 0 heterocycles. The summed E-state index contributed by atoms with van der Waals surface area (Å²) < 4.78 is 27.8. The Morgan fingerprint density at radius 1 is 0.606 bits per heavy atom. The van der Waals surface area contributed by atoms with E-state index in [-0.39, 0.29) is 17.3 Å². The van der Waals surface area contributed by atoms with E-state index in [2.05, 4.69) is 10.0 Å². The van der Waals surface area contributed by atoms with E-state index in [1.54, 1.807) is 36.4 Å². The lowest BCUT2D eigenvalue weighted by atomic mass is 10.0. The molecule has 0 aliphatic rings. The molecule has 0 fully saturated rings. The van der Waals surface area contributed by atoms with Crippen LogP contribution in [0.2, 0.25) is 0 Å². The largest absolute Gasteiger partial charge is 0.348 e. The van der Waals surface area contributed by atoms with Crippen molar-refractivity contribution in [3.8, 4) is 11.1 Å². The van der Waals surface area contributed by atoms with Crippen molar-refractivity contribution in [2.75, 3.05) is 0 Å². The summed E-state index contributed by atoms with van der Waals surface area (Å²) in [7, 11) is -3.61. The molecule has 4 rings (SSSR count). The molecule has 0 bridgehead atoms. The Kier molecular flexibility index (Phi) is 6.98. The highest BCUT2D eigenvalue weighted by Gasteiger charge is 2.14. The number of carbonyl (C=O) groups is 1. The first kappa shape index (κ1) is 22.5. The van der Waals surface area contributed by atoms with Crippen LogP contribution in [0.25, 0.3) is 11.1 Å². The minimum atomic E-state index is -3.61. The summed E-state index contributed by atoms with van der Waals surface area (Å²) in [5.41, 5.74) is 4.27. The van der Waals surface area contributed by atoms with Gasteiger partial charge in [0.2, 0.25) is 10.0 Å². The minimum absolute atomic E-state index is 0.142. The van der Waals surface area contributed by atoms with Gasteiger partial charge in [0.05, 0.1) is 4.90 Å². The molecule has 0 saturated heterocycles. The summed E-state index contributed by atoms with van der Waals surface area (Å²) in [6.45, 7) is 0.703. The lowest BCUT2D eigenvalue weighted by Crippen LogP contribution is -2.23. The summed E-state index contributed by atoms with van der Waals surface area (Å²) in [5.74, 6) is -0.142. The highest BCUT2D eigenvalue weighted by Crippen LogP contribution is 2.22. The normalized spacial score (nSPS) is 11.2. The van der Waals surface area contributed by atoms with Crippen molar-refractivity contribution in [3.05, 3.63) is 126 Å². The van der Waals surface area contributed by atoms with Gasteiger partial charge >= 0.3 is 0 Å². The Morgan fingerprint density at radius 3 is 1.64 bits per heavy atom. The molecule has 0 aliphatic heterocycles. The van der Waals surface area contributed by atoms with E-state index >= 15 is 0 Å². The first-order valence-electron chi connectivity index (χ1n) is 10.6. The molecule has 2 N–H and O–H groups in total. The second kappa shape index (κ2) is 10.3. The number of hydrogen-bond acceptors (Lipinski definition) is 3. The van der Waals surface area contributed by atoms with Crippen molar-refractivity contribution < 1.29 is 13.2 Å². The summed E-state index contributed by atoms with van der Waals surface area (Å²) in [6, 6.07) is 33.1. The van der Waals surface area contributed by atoms with E-state index in [9.17, 15) is 13.2 Å². The zero-order valence-electron chi connectivity index (χ0n) is 17.9. The first-order chi connectivity index (χ1) is 16.0. The van der Waals surface area contributed by atoms with Crippen LogP contribution in [0.15, 0.2) is 114 Å². The van der Waals surface area contributed by atoms with Gasteiger partial charge in [0.1, 0.15) is 0 Å². The first-order valence-corrected chi connectivity index (χ1v) is 12.1. The third-order valence-electron chi connectivity index (χ3n) is 5.25. The smallest absolute Gasteiger partial charge is 0.251 e. The molecule has 0 unspecified atom stereocenters. The molecule has 0 aliphatic carbocycles. The number of rotatable bonds is 8. The Balaban J connectivity index is 1.38. The fraction of sp³-hybridized carbons (Fsp3) is 0.0741. The van der Waals surface area contributed by atoms with Gasteiger partial charge in [0.15, 0.2) is 0 Å². The number of benzene rings is 4. The van der Waals surface area contributed by atoms with E-state index in [0.29, 0.717) is 12.1 Å². The van der Waals surface area contributed by atoms with Gasteiger partial charge in [-0.1, -0.05) is 84.9 Å². The molecule has 1 amide bonds. The quantitative estimate of drug-likeness (QED) is 0.401. The van der Waals surface area contributed by atoms with Gasteiger partial charge in [0.25, 0.3) is 5.91 Å². The van der Waals surface area contributed by atoms with Crippen molar-refractivity contribution >= 4 is 15.9 Å². The standard InChI is InChI=1S/C27H24N2O3S/c30-27(28-19-21-7-3-1-4-8-21)25-13-11-23(12-14-25)24-15-17-26(18-16-24)33(31,32)29-20-22-9-5-2-6-10-22/h1-18,29H,19-20H2,(H,28,30). The van der Waals surface area contributed by atoms with Crippen LogP contribution in [0.3, 0.4) is 0 Å². The summed E-state index contributed by atoms with van der Waals surface area (Å²) in [4.78, 5) is 12.6. The molecule has 0 spiro atoms. The summed E-state index contributed by atoms with van der Waals surface area (Å²) in [5, 5.41) is 2.91.